The molecule has 0 rings (SSSR count). The zero-order chi connectivity index (χ0) is 9.23. The van der Waals surface area contributed by atoms with Gasteiger partial charge >= 0.3 is 0 Å². The minimum atomic E-state index is -0.746. The Morgan fingerprint density at radius 3 is 2.58 bits per heavy atom. The summed E-state index contributed by atoms with van der Waals surface area (Å²) in [7, 11) is 0. The van der Waals surface area contributed by atoms with Crippen LogP contribution in [0.5, 0.6) is 0 Å². The van der Waals surface area contributed by atoms with Gasteiger partial charge in [0.25, 0.3) is 5.09 Å². The van der Waals surface area contributed by atoms with Crippen LogP contribution < -0.4 is 0 Å². The van der Waals surface area contributed by atoms with E-state index >= 15 is 0 Å². The van der Waals surface area contributed by atoms with Crippen molar-refractivity contribution < 1.29 is 9.92 Å². The minimum Gasteiger partial charge on any atom is -0.314 e. The monoisotopic (exact) mass is 173 g/mol. The van der Waals surface area contributed by atoms with Crippen LogP contribution in [0.1, 0.15) is 32.1 Å². The van der Waals surface area contributed by atoms with Gasteiger partial charge in [-0.1, -0.05) is 18.9 Å². The maximum absolute atomic E-state index is 9.70. The van der Waals surface area contributed by atoms with Crippen LogP contribution in [0.2, 0.25) is 0 Å². The Kier molecular flexibility index (Phi) is 7.33. The average Bonchev–Trinajstić information content (AvgIpc) is 2.02. The largest absolute Gasteiger partial charge is 0.314 e. The molecule has 4 nitrogen and oxygen atoms in total. The first-order valence-electron chi connectivity index (χ1n) is 4.15. The molecule has 0 N–H and O–H groups in total. The summed E-state index contributed by atoms with van der Waals surface area (Å²) in [4.78, 5) is 13.9. The van der Waals surface area contributed by atoms with Gasteiger partial charge in [-0.25, -0.2) is 0 Å². The van der Waals surface area contributed by atoms with Crippen LogP contribution in [0.15, 0.2) is 12.7 Å². The second-order valence-corrected chi connectivity index (χ2v) is 2.55. The Balaban J connectivity index is 2.90. The fraction of sp³-hybridized carbons (Fsp3) is 0.750. The van der Waals surface area contributed by atoms with Crippen molar-refractivity contribution in [3.63, 3.8) is 0 Å². The summed E-state index contributed by atoms with van der Waals surface area (Å²) in [5.41, 5.74) is 0. The third-order valence-electron chi connectivity index (χ3n) is 1.50. The Labute approximate surface area is 72.3 Å². The highest BCUT2D eigenvalue weighted by Gasteiger charge is 1.93. The predicted octanol–water partition coefficient (Wildman–Crippen LogP) is 2.33. The van der Waals surface area contributed by atoms with Crippen molar-refractivity contribution in [2.24, 2.45) is 0 Å². The Morgan fingerprint density at radius 1 is 1.33 bits per heavy atom. The summed E-state index contributed by atoms with van der Waals surface area (Å²) < 4.78 is 0. The lowest BCUT2D eigenvalue weighted by Crippen LogP contribution is -2.01. The molecule has 0 aromatic heterocycles. The van der Waals surface area contributed by atoms with Gasteiger partial charge in [0, 0.05) is 0 Å². The zero-order valence-electron chi connectivity index (χ0n) is 7.20. The quantitative estimate of drug-likeness (QED) is 0.245. The van der Waals surface area contributed by atoms with Gasteiger partial charge in [0.1, 0.15) is 0 Å². The number of hydrogen-bond acceptors (Lipinski definition) is 3. The first-order valence-corrected chi connectivity index (χ1v) is 4.15. The van der Waals surface area contributed by atoms with E-state index in [0.717, 1.165) is 32.1 Å². The van der Waals surface area contributed by atoms with E-state index in [1.54, 1.807) is 0 Å². The van der Waals surface area contributed by atoms with Crippen LogP contribution in [0.25, 0.3) is 0 Å². The molecular formula is C8H15NO3. The molecule has 0 fully saturated rings. The van der Waals surface area contributed by atoms with Gasteiger partial charge in [-0.05, 0) is 19.3 Å². The third-order valence-corrected chi connectivity index (χ3v) is 1.50. The number of unbranched alkanes of at least 4 members (excludes halogenated alkanes) is 4. The van der Waals surface area contributed by atoms with Crippen LogP contribution in [-0.2, 0) is 4.84 Å². The van der Waals surface area contributed by atoms with Crippen LogP contribution >= 0.6 is 0 Å². The molecule has 0 atom stereocenters. The maximum Gasteiger partial charge on any atom is 0.294 e. The molecular weight excluding hydrogens is 158 g/mol. The molecule has 70 valence electrons. The second kappa shape index (κ2) is 8.04. The van der Waals surface area contributed by atoms with Crippen molar-refractivity contribution in [2.45, 2.75) is 32.1 Å². The first kappa shape index (κ1) is 10.9. The number of allylic oxidation sites excluding steroid dienone is 1. The van der Waals surface area contributed by atoms with Crippen molar-refractivity contribution >= 4 is 0 Å². The predicted molar refractivity (Wildman–Crippen MR) is 46.2 cm³/mol. The standard InChI is InChI=1S/C8H15NO3/c1-2-3-4-5-6-7-8-12-9(10)11/h2H,1,3-8H2. The Hall–Kier alpha value is -1.06. The van der Waals surface area contributed by atoms with Crippen LogP contribution in [0.4, 0.5) is 0 Å². The molecule has 0 radical (unpaired) electrons. The van der Waals surface area contributed by atoms with Crippen molar-refractivity contribution in [3.8, 4) is 0 Å². The van der Waals surface area contributed by atoms with Gasteiger partial charge in [0.15, 0.2) is 0 Å². The number of nitrogens with zero attached hydrogens (tertiary/aromatic N) is 1. The summed E-state index contributed by atoms with van der Waals surface area (Å²) in [6.45, 7) is 3.83. The molecule has 0 aromatic carbocycles. The number of hydrogen-bond donors (Lipinski definition) is 0. The molecule has 4 heteroatoms. The van der Waals surface area contributed by atoms with Crippen molar-refractivity contribution in [1.29, 1.82) is 0 Å². The fourth-order valence-electron chi connectivity index (χ4n) is 0.883. The van der Waals surface area contributed by atoms with Crippen molar-refractivity contribution in [1.82, 2.24) is 0 Å². The average molecular weight is 173 g/mol. The van der Waals surface area contributed by atoms with E-state index < -0.39 is 5.09 Å². The molecule has 0 bridgehead atoms. The van der Waals surface area contributed by atoms with Crippen LogP contribution in [-0.4, -0.2) is 11.7 Å². The van der Waals surface area contributed by atoms with Gasteiger partial charge in [0.05, 0.1) is 6.61 Å². The molecule has 0 spiro atoms. The van der Waals surface area contributed by atoms with E-state index in [4.69, 9.17) is 0 Å². The van der Waals surface area contributed by atoms with E-state index in [1.165, 1.54) is 0 Å². The summed E-state index contributed by atoms with van der Waals surface area (Å²) in [5, 5.41) is 8.96. The van der Waals surface area contributed by atoms with Gasteiger partial charge < -0.3 is 4.84 Å². The second-order valence-electron chi connectivity index (χ2n) is 2.55. The normalized spacial score (nSPS) is 9.33. The molecule has 12 heavy (non-hydrogen) atoms. The topological polar surface area (TPSA) is 52.4 Å². The van der Waals surface area contributed by atoms with E-state index in [1.807, 2.05) is 6.08 Å². The molecule has 0 saturated heterocycles. The van der Waals surface area contributed by atoms with Gasteiger partial charge in [-0.15, -0.1) is 16.7 Å². The molecule has 0 aromatic rings. The van der Waals surface area contributed by atoms with E-state index in [0.29, 0.717) is 0 Å². The first-order chi connectivity index (χ1) is 5.77. The zero-order valence-corrected chi connectivity index (χ0v) is 7.20. The summed E-state index contributed by atoms with van der Waals surface area (Å²) in [6, 6.07) is 0. The van der Waals surface area contributed by atoms with Gasteiger partial charge in [-0.3, -0.25) is 0 Å². The van der Waals surface area contributed by atoms with E-state index in [9.17, 15) is 10.1 Å². The minimum absolute atomic E-state index is 0.223. The molecule has 0 amide bonds. The summed E-state index contributed by atoms with van der Waals surface area (Å²) in [5.74, 6) is 0. The van der Waals surface area contributed by atoms with Crippen molar-refractivity contribution in [2.75, 3.05) is 6.61 Å². The molecule has 0 aliphatic rings. The highest BCUT2D eigenvalue weighted by Crippen LogP contribution is 2.02. The molecule has 0 unspecified atom stereocenters. The highest BCUT2D eigenvalue weighted by atomic mass is 16.9. The lowest BCUT2D eigenvalue weighted by Gasteiger charge is -1.98. The highest BCUT2D eigenvalue weighted by molar-refractivity contribution is 4.65. The van der Waals surface area contributed by atoms with Crippen LogP contribution in [0.3, 0.4) is 0 Å². The van der Waals surface area contributed by atoms with Crippen LogP contribution in [0, 0.1) is 10.1 Å². The molecule has 0 heterocycles. The Bertz CT molecular complexity index is 136. The van der Waals surface area contributed by atoms with Gasteiger partial charge in [-0.2, -0.15) is 0 Å². The lowest BCUT2D eigenvalue weighted by atomic mass is 10.1. The summed E-state index contributed by atoms with van der Waals surface area (Å²) in [6.07, 6.45) is 6.86. The van der Waals surface area contributed by atoms with Gasteiger partial charge in [0.2, 0.25) is 0 Å². The Morgan fingerprint density at radius 2 is 2.00 bits per heavy atom. The fourth-order valence-corrected chi connectivity index (χ4v) is 0.883. The third kappa shape index (κ3) is 8.94. The lowest BCUT2D eigenvalue weighted by molar-refractivity contribution is -0.757. The summed E-state index contributed by atoms with van der Waals surface area (Å²) >= 11 is 0. The van der Waals surface area contributed by atoms with Crippen molar-refractivity contribution in [3.05, 3.63) is 22.8 Å². The number of rotatable bonds is 8. The molecule has 0 aliphatic carbocycles. The SMILES string of the molecule is C=CCCCCCCO[N+](=O)[O-]. The maximum atomic E-state index is 9.70. The molecule has 0 aliphatic heterocycles. The van der Waals surface area contributed by atoms with E-state index in [-0.39, 0.29) is 6.61 Å². The smallest absolute Gasteiger partial charge is 0.294 e. The van der Waals surface area contributed by atoms with E-state index in [2.05, 4.69) is 11.4 Å². The molecule has 0 saturated carbocycles.